The minimum Gasteiger partial charge on any atom is -0.305 e. The van der Waals surface area contributed by atoms with Gasteiger partial charge in [0.15, 0.2) is 0 Å². The van der Waals surface area contributed by atoms with Gasteiger partial charge in [-0.05, 0) is 24.3 Å². The van der Waals surface area contributed by atoms with Gasteiger partial charge in [0.25, 0.3) is 0 Å². The SMILES string of the molecule is N=CC(=O)c1cccc(Sc2ccccc2)c1. The van der Waals surface area contributed by atoms with Gasteiger partial charge in [-0.2, -0.15) is 0 Å². The van der Waals surface area contributed by atoms with Gasteiger partial charge in [-0.1, -0.05) is 42.1 Å². The van der Waals surface area contributed by atoms with Crippen LogP contribution < -0.4 is 0 Å². The third-order valence-corrected chi connectivity index (χ3v) is 3.23. The average molecular weight is 241 g/mol. The highest BCUT2D eigenvalue weighted by molar-refractivity contribution is 7.99. The molecule has 0 unspecified atom stereocenters. The van der Waals surface area contributed by atoms with Crippen LogP contribution in [0, 0.1) is 5.41 Å². The fourth-order valence-electron chi connectivity index (χ4n) is 1.42. The highest BCUT2D eigenvalue weighted by Crippen LogP contribution is 2.27. The van der Waals surface area contributed by atoms with E-state index in [2.05, 4.69) is 0 Å². The van der Waals surface area contributed by atoms with Gasteiger partial charge in [0.2, 0.25) is 5.78 Å². The predicted octanol–water partition coefficient (Wildman–Crippen LogP) is 3.67. The first-order valence-electron chi connectivity index (χ1n) is 5.17. The van der Waals surface area contributed by atoms with Crippen LogP contribution >= 0.6 is 11.8 Å². The number of Topliss-reactive ketones (excluding diaryl/α,β-unsaturated/α-hetero) is 1. The van der Waals surface area contributed by atoms with Crippen LogP contribution in [0.4, 0.5) is 0 Å². The van der Waals surface area contributed by atoms with E-state index in [4.69, 9.17) is 5.41 Å². The van der Waals surface area contributed by atoms with E-state index < -0.39 is 0 Å². The maximum Gasteiger partial charge on any atom is 0.203 e. The Bertz CT molecular complexity index is 537. The molecule has 84 valence electrons. The number of nitrogens with one attached hydrogen (secondary N) is 1. The zero-order valence-electron chi connectivity index (χ0n) is 9.09. The standard InChI is InChI=1S/C14H11NOS/c15-10-14(16)11-5-4-8-13(9-11)17-12-6-2-1-3-7-12/h1-10,15H. The summed E-state index contributed by atoms with van der Waals surface area (Å²) in [5.74, 6) is -0.263. The van der Waals surface area contributed by atoms with E-state index in [1.54, 1.807) is 17.8 Å². The Labute approximate surface area is 104 Å². The number of carbonyl (C=O) groups is 1. The van der Waals surface area contributed by atoms with Crippen molar-refractivity contribution in [1.29, 1.82) is 5.41 Å². The van der Waals surface area contributed by atoms with Crippen molar-refractivity contribution < 1.29 is 4.79 Å². The maximum absolute atomic E-state index is 11.4. The molecule has 0 aliphatic heterocycles. The summed E-state index contributed by atoms with van der Waals surface area (Å²) in [5, 5.41) is 6.96. The minimum absolute atomic E-state index is 0.263. The fourth-order valence-corrected chi connectivity index (χ4v) is 2.32. The van der Waals surface area contributed by atoms with Crippen LogP contribution in [0.5, 0.6) is 0 Å². The molecule has 0 spiro atoms. The Balaban J connectivity index is 2.22. The zero-order valence-corrected chi connectivity index (χ0v) is 9.91. The lowest BCUT2D eigenvalue weighted by molar-refractivity contribution is 0.107. The van der Waals surface area contributed by atoms with Gasteiger partial charge >= 0.3 is 0 Å². The summed E-state index contributed by atoms with van der Waals surface area (Å²) < 4.78 is 0. The van der Waals surface area contributed by atoms with E-state index in [-0.39, 0.29) is 5.78 Å². The summed E-state index contributed by atoms with van der Waals surface area (Å²) in [6, 6.07) is 17.3. The third-order valence-electron chi connectivity index (χ3n) is 2.23. The van der Waals surface area contributed by atoms with Crippen molar-refractivity contribution in [2.75, 3.05) is 0 Å². The highest BCUT2D eigenvalue weighted by Gasteiger charge is 2.03. The second kappa shape index (κ2) is 5.46. The first kappa shape index (κ1) is 11.6. The third kappa shape index (κ3) is 3.04. The van der Waals surface area contributed by atoms with Crippen LogP contribution in [0.15, 0.2) is 64.4 Å². The normalized spacial score (nSPS) is 9.88. The van der Waals surface area contributed by atoms with Crippen molar-refractivity contribution in [3.05, 3.63) is 60.2 Å². The molecule has 2 rings (SSSR count). The topological polar surface area (TPSA) is 40.9 Å². The van der Waals surface area contributed by atoms with Crippen molar-refractivity contribution >= 4 is 23.8 Å². The number of carbonyl (C=O) groups excluding carboxylic acids is 1. The summed E-state index contributed by atoms with van der Waals surface area (Å²) >= 11 is 1.60. The minimum atomic E-state index is -0.263. The maximum atomic E-state index is 11.4. The molecule has 0 aromatic heterocycles. The molecule has 0 fully saturated rings. The highest BCUT2D eigenvalue weighted by atomic mass is 32.2. The number of hydrogen-bond donors (Lipinski definition) is 1. The molecule has 0 heterocycles. The van der Waals surface area contributed by atoms with Crippen LogP contribution in [0.1, 0.15) is 10.4 Å². The molecule has 2 nitrogen and oxygen atoms in total. The molecule has 2 aromatic carbocycles. The Morgan fingerprint density at radius 3 is 2.41 bits per heavy atom. The molecule has 0 bridgehead atoms. The van der Waals surface area contributed by atoms with Crippen molar-refractivity contribution in [3.63, 3.8) is 0 Å². The Kier molecular flexibility index (Phi) is 3.73. The molecular formula is C14H11NOS. The van der Waals surface area contributed by atoms with Crippen molar-refractivity contribution in [1.82, 2.24) is 0 Å². The second-order valence-electron chi connectivity index (χ2n) is 3.45. The van der Waals surface area contributed by atoms with Gasteiger partial charge in [-0.25, -0.2) is 0 Å². The van der Waals surface area contributed by atoms with E-state index >= 15 is 0 Å². The molecule has 2 aromatic rings. The summed E-state index contributed by atoms with van der Waals surface area (Å²) in [6.07, 6.45) is 0.840. The van der Waals surface area contributed by atoms with Gasteiger partial charge in [0.05, 0.1) is 6.21 Å². The smallest absolute Gasteiger partial charge is 0.203 e. The van der Waals surface area contributed by atoms with Crippen molar-refractivity contribution in [2.45, 2.75) is 9.79 Å². The molecule has 0 aliphatic carbocycles. The van der Waals surface area contributed by atoms with E-state index in [1.807, 2.05) is 48.5 Å². The molecule has 0 atom stereocenters. The van der Waals surface area contributed by atoms with Gasteiger partial charge in [0, 0.05) is 15.4 Å². The van der Waals surface area contributed by atoms with Gasteiger partial charge in [-0.3, -0.25) is 4.79 Å². The van der Waals surface area contributed by atoms with Gasteiger partial charge in [0.1, 0.15) is 0 Å². The van der Waals surface area contributed by atoms with Crippen molar-refractivity contribution in [2.24, 2.45) is 0 Å². The van der Waals surface area contributed by atoms with E-state index in [9.17, 15) is 4.79 Å². The van der Waals surface area contributed by atoms with E-state index in [1.165, 1.54) is 0 Å². The van der Waals surface area contributed by atoms with Crippen LogP contribution in [0.25, 0.3) is 0 Å². The van der Waals surface area contributed by atoms with Gasteiger partial charge in [-0.15, -0.1) is 0 Å². The summed E-state index contributed by atoms with van der Waals surface area (Å²) in [5.41, 5.74) is 0.556. The molecule has 17 heavy (non-hydrogen) atoms. The number of benzene rings is 2. The zero-order chi connectivity index (χ0) is 12.1. The number of rotatable bonds is 4. The summed E-state index contributed by atoms with van der Waals surface area (Å²) in [7, 11) is 0. The monoisotopic (exact) mass is 241 g/mol. The molecule has 0 radical (unpaired) electrons. The molecule has 0 saturated carbocycles. The number of hydrogen-bond acceptors (Lipinski definition) is 3. The van der Waals surface area contributed by atoms with E-state index in [0.29, 0.717) is 5.56 Å². The van der Waals surface area contributed by atoms with Gasteiger partial charge < -0.3 is 5.41 Å². The lowest BCUT2D eigenvalue weighted by Gasteiger charge is -2.02. The summed E-state index contributed by atoms with van der Waals surface area (Å²) in [4.78, 5) is 13.5. The second-order valence-corrected chi connectivity index (χ2v) is 4.60. The van der Waals surface area contributed by atoms with E-state index in [0.717, 1.165) is 16.0 Å². The van der Waals surface area contributed by atoms with Crippen LogP contribution in [0.3, 0.4) is 0 Å². The van der Waals surface area contributed by atoms with Crippen LogP contribution in [0.2, 0.25) is 0 Å². The van der Waals surface area contributed by atoms with Crippen LogP contribution in [-0.2, 0) is 0 Å². The lowest BCUT2D eigenvalue weighted by atomic mass is 10.1. The first-order chi connectivity index (χ1) is 8.29. The molecule has 0 amide bonds. The average Bonchev–Trinajstić information content (AvgIpc) is 2.39. The fraction of sp³-hybridized carbons (Fsp3) is 0. The Hall–Kier alpha value is -1.87. The molecule has 0 aliphatic rings. The Morgan fingerprint density at radius 2 is 1.71 bits per heavy atom. The summed E-state index contributed by atoms with van der Waals surface area (Å²) in [6.45, 7) is 0. The largest absolute Gasteiger partial charge is 0.305 e. The van der Waals surface area contributed by atoms with Crippen molar-refractivity contribution in [3.8, 4) is 0 Å². The van der Waals surface area contributed by atoms with Crippen LogP contribution in [-0.4, -0.2) is 12.0 Å². The molecule has 0 saturated heterocycles. The predicted molar refractivity (Wildman–Crippen MR) is 70.1 cm³/mol. The quantitative estimate of drug-likeness (QED) is 0.655. The molecule has 1 N–H and O–H groups in total. The molecule has 3 heteroatoms. The molecular weight excluding hydrogens is 230 g/mol. The first-order valence-corrected chi connectivity index (χ1v) is 5.99. The Morgan fingerprint density at radius 1 is 1.00 bits per heavy atom. The number of ketones is 1. The lowest BCUT2D eigenvalue weighted by Crippen LogP contribution is -1.98.